The van der Waals surface area contributed by atoms with Gasteiger partial charge in [-0.2, -0.15) is 0 Å². The molecule has 0 N–H and O–H groups in total. The van der Waals surface area contributed by atoms with E-state index < -0.39 is 14.6 Å². The van der Waals surface area contributed by atoms with Crippen LogP contribution in [0.25, 0.3) is 0 Å². The summed E-state index contributed by atoms with van der Waals surface area (Å²) in [5.74, 6) is 0. The predicted octanol–water partition coefficient (Wildman–Crippen LogP) is 3.65. The van der Waals surface area contributed by atoms with Gasteiger partial charge in [0.2, 0.25) is 0 Å². The van der Waals surface area contributed by atoms with Crippen molar-refractivity contribution in [2.75, 3.05) is 13.1 Å². The van der Waals surface area contributed by atoms with E-state index in [1.807, 2.05) is 0 Å². The fourth-order valence-electron chi connectivity index (χ4n) is 2.13. The summed E-state index contributed by atoms with van der Waals surface area (Å²) in [6.45, 7) is 11.9. The molecule has 0 unspecified atom stereocenters. The molecule has 86 valence electrons. The molecule has 2 heteroatoms. The Labute approximate surface area is 95.6 Å². The van der Waals surface area contributed by atoms with Crippen molar-refractivity contribution in [2.45, 2.75) is 63.9 Å². The molecule has 0 heterocycles. The van der Waals surface area contributed by atoms with Gasteiger partial charge in [-0.25, -0.2) is 0 Å². The van der Waals surface area contributed by atoms with E-state index in [1.165, 1.54) is 38.8 Å². The molecule has 0 saturated carbocycles. The maximum atomic E-state index is 2.82. The van der Waals surface area contributed by atoms with Gasteiger partial charge in [-0.05, 0) is 0 Å². The Morgan fingerprint density at radius 3 is 1.50 bits per heavy atom. The van der Waals surface area contributed by atoms with Crippen LogP contribution in [0.4, 0.5) is 0 Å². The molecule has 0 atom stereocenters. The number of rotatable bonds is 9. The Kier molecular flexibility index (Phi) is 10.4. The zero-order chi connectivity index (χ0) is 10.8. The molecule has 0 aromatic carbocycles. The maximum absolute atomic E-state index is 2.82. The van der Waals surface area contributed by atoms with Gasteiger partial charge in [-0.3, -0.25) is 0 Å². The van der Waals surface area contributed by atoms with Crippen molar-refractivity contribution in [3.05, 3.63) is 0 Å². The molecule has 0 amide bonds. The van der Waals surface area contributed by atoms with Crippen LogP contribution in [0, 0.1) is 0 Å². The second-order valence-corrected chi connectivity index (χ2v) is 10.9. The first-order chi connectivity index (χ1) is 6.79. The molecule has 0 fully saturated rings. The molecular formula is C12H29GeN. The van der Waals surface area contributed by atoms with Crippen molar-refractivity contribution >= 4 is 14.6 Å². The zero-order valence-corrected chi connectivity index (χ0v) is 13.1. The first kappa shape index (κ1) is 14.5. The minimum atomic E-state index is -1.04. The third-order valence-electron chi connectivity index (χ3n) is 3.11. The average Bonchev–Trinajstić information content (AvgIpc) is 2.22. The molecule has 0 aromatic rings. The van der Waals surface area contributed by atoms with Crippen molar-refractivity contribution in [3.8, 4) is 0 Å². The molecule has 0 rings (SSSR count). The van der Waals surface area contributed by atoms with Gasteiger partial charge >= 0.3 is 95.4 Å². The van der Waals surface area contributed by atoms with Gasteiger partial charge in [0, 0.05) is 0 Å². The fourth-order valence-corrected chi connectivity index (χ4v) is 10.1. The van der Waals surface area contributed by atoms with Gasteiger partial charge < -0.3 is 0 Å². The summed E-state index contributed by atoms with van der Waals surface area (Å²) in [4.78, 5) is 0. The molecule has 14 heavy (non-hydrogen) atoms. The molecule has 1 nitrogen and oxygen atoms in total. The molecule has 0 aliphatic rings. The van der Waals surface area contributed by atoms with Crippen LogP contribution in [0.5, 0.6) is 0 Å². The summed E-state index contributed by atoms with van der Waals surface area (Å²) < 4.78 is 2.82. The molecule has 0 saturated heterocycles. The van der Waals surface area contributed by atoms with E-state index >= 15 is 0 Å². The van der Waals surface area contributed by atoms with Gasteiger partial charge in [0.05, 0.1) is 0 Å². The Morgan fingerprint density at radius 1 is 0.786 bits per heavy atom. The topological polar surface area (TPSA) is 3.24 Å². The van der Waals surface area contributed by atoms with Crippen molar-refractivity contribution < 1.29 is 0 Å². The summed E-state index contributed by atoms with van der Waals surface area (Å²) in [7, 11) is 0. The number of hydrogen-bond donors (Lipinski definition) is 0. The second-order valence-electron chi connectivity index (χ2n) is 4.16. The zero-order valence-electron chi connectivity index (χ0n) is 10.7. The minimum absolute atomic E-state index is 1.04. The standard InChI is InChI=1S/C12H29GeN/c1-5-9-11-13(12-10-6-2)14(7-3)8-4/h13H,5-12H2,1-4H3. The molecule has 0 radical (unpaired) electrons. The summed E-state index contributed by atoms with van der Waals surface area (Å²) in [5.41, 5.74) is 0. The van der Waals surface area contributed by atoms with Crippen molar-refractivity contribution in [1.29, 1.82) is 0 Å². The number of unbranched alkanes of at least 4 members (excludes halogenated alkanes) is 2. The van der Waals surface area contributed by atoms with Crippen LogP contribution in [0.1, 0.15) is 53.4 Å². The monoisotopic (exact) mass is 261 g/mol. The molecule has 0 aliphatic heterocycles. The predicted molar refractivity (Wildman–Crippen MR) is 69.5 cm³/mol. The van der Waals surface area contributed by atoms with E-state index in [4.69, 9.17) is 0 Å². The second kappa shape index (κ2) is 10.0. The molecule has 0 aliphatic carbocycles. The van der Waals surface area contributed by atoms with Gasteiger partial charge in [-0.15, -0.1) is 0 Å². The van der Waals surface area contributed by atoms with E-state index in [-0.39, 0.29) is 0 Å². The Morgan fingerprint density at radius 2 is 1.21 bits per heavy atom. The van der Waals surface area contributed by atoms with Gasteiger partial charge in [0.25, 0.3) is 0 Å². The SMILES string of the molecule is CCC[CH2][GeH]([CH2]CCC)[N](CC)CC. The summed E-state index contributed by atoms with van der Waals surface area (Å²) >= 11 is -1.04. The van der Waals surface area contributed by atoms with Gasteiger partial charge in [0.1, 0.15) is 0 Å². The Bertz CT molecular complexity index is 105. The van der Waals surface area contributed by atoms with Crippen molar-refractivity contribution in [1.82, 2.24) is 3.86 Å². The quantitative estimate of drug-likeness (QED) is 0.572. The first-order valence-electron chi connectivity index (χ1n) is 6.54. The van der Waals surface area contributed by atoms with Crippen LogP contribution in [0.2, 0.25) is 10.5 Å². The van der Waals surface area contributed by atoms with Crippen LogP contribution in [0.3, 0.4) is 0 Å². The molecule has 0 aromatic heterocycles. The van der Waals surface area contributed by atoms with Crippen LogP contribution in [-0.2, 0) is 0 Å². The van der Waals surface area contributed by atoms with E-state index in [0.717, 1.165) is 0 Å². The van der Waals surface area contributed by atoms with Crippen LogP contribution < -0.4 is 0 Å². The Balaban J connectivity index is 3.92. The van der Waals surface area contributed by atoms with Crippen LogP contribution >= 0.6 is 0 Å². The van der Waals surface area contributed by atoms with Gasteiger partial charge in [0.15, 0.2) is 0 Å². The van der Waals surface area contributed by atoms with Crippen LogP contribution in [-0.4, -0.2) is 31.5 Å². The normalized spacial score (nSPS) is 11.6. The van der Waals surface area contributed by atoms with Crippen molar-refractivity contribution in [2.24, 2.45) is 0 Å². The first-order valence-corrected chi connectivity index (χ1v) is 11.0. The molecular weight excluding hydrogens is 231 g/mol. The van der Waals surface area contributed by atoms with Crippen molar-refractivity contribution in [3.63, 3.8) is 0 Å². The Hall–Kier alpha value is 0.503. The summed E-state index contributed by atoms with van der Waals surface area (Å²) in [5, 5.41) is 3.18. The molecule has 0 bridgehead atoms. The summed E-state index contributed by atoms with van der Waals surface area (Å²) in [6, 6.07) is 0. The van der Waals surface area contributed by atoms with Gasteiger partial charge in [-0.1, -0.05) is 0 Å². The van der Waals surface area contributed by atoms with E-state index in [1.54, 1.807) is 10.5 Å². The average molecular weight is 260 g/mol. The molecule has 0 spiro atoms. The number of hydrogen-bond acceptors (Lipinski definition) is 1. The number of nitrogens with zero attached hydrogens (tertiary/aromatic N) is 1. The fraction of sp³-hybridized carbons (Fsp3) is 1.00. The summed E-state index contributed by atoms with van der Waals surface area (Å²) in [6.07, 6.45) is 5.72. The third-order valence-corrected chi connectivity index (χ3v) is 11.3. The van der Waals surface area contributed by atoms with E-state index in [0.29, 0.717) is 0 Å². The third kappa shape index (κ3) is 6.07. The van der Waals surface area contributed by atoms with E-state index in [2.05, 4.69) is 31.6 Å². The van der Waals surface area contributed by atoms with Crippen LogP contribution in [0.15, 0.2) is 0 Å². The van der Waals surface area contributed by atoms with E-state index in [9.17, 15) is 0 Å².